The van der Waals surface area contributed by atoms with Gasteiger partial charge < -0.3 is 5.73 Å². The monoisotopic (exact) mass is 223 g/mol. The molecule has 0 heterocycles. The van der Waals surface area contributed by atoms with Crippen LogP contribution in [0.3, 0.4) is 0 Å². The number of aryl methyl sites for hydroxylation is 1. The smallest absolute Gasteiger partial charge is 0.167 e. The van der Waals surface area contributed by atoms with Crippen molar-refractivity contribution in [3.63, 3.8) is 0 Å². The Morgan fingerprint density at radius 1 is 1.50 bits per heavy atom. The second-order valence-electron chi connectivity index (χ2n) is 4.05. The number of ketones is 1. The van der Waals surface area contributed by atoms with E-state index in [0.29, 0.717) is 17.7 Å². The molecule has 88 valence electrons. The van der Waals surface area contributed by atoms with Gasteiger partial charge in [-0.1, -0.05) is 25.5 Å². The predicted octanol–water partition coefficient (Wildman–Crippen LogP) is 2.69. The molecule has 0 spiro atoms. The van der Waals surface area contributed by atoms with E-state index in [2.05, 4.69) is 0 Å². The molecule has 0 aliphatic rings. The summed E-state index contributed by atoms with van der Waals surface area (Å²) >= 11 is 0. The van der Waals surface area contributed by atoms with Crippen molar-refractivity contribution in [2.24, 2.45) is 11.7 Å². The van der Waals surface area contributed by atoms with E-state index in [4.69, 9.17) is 5.73 Å². The minimum absolute atomic E-state index is 0.0525. The normalized spacial score (nSPS) is 12.5. The van der Waals surface area contributed by atoms with Crippen LogP contribution in [0.5, 0.6) is 0 Å². The summed E-state index contributed by atoms with van der Waals surface area (Å²) in [7, 11) is 0. The summed E-state index contributed by atoms with van der Waals surface area (Å²) in [4.78, 5) is 12.0. The summed E-state index contributed by atoms with van der Waals surface area (Å²) in [6.07, 6.45) is 1.66. The maximum Gasteiger partial charge on any atom is 0.167 e. The quantitative estimate of drug-likeness (QED) is 0.780. The fraction of sp³-hybridized carbons (Fsp3) is 0.462. The number of nitrogens with two attached hydrogens (primary N) is 1. The van der Waals surface area contributed by atoms with Crippen molar-refractivity contribution in [2.75, 3.05) is 6.54 Å². The first-order valence-electron chi connectivity index (χ1n) is 5.60. The Hall–Kier alpha value is -1.22. The van der Waals surface area contributed by atoms with Crippen LogP contribution < -0.4 is 5.73 Å². The highest BCUT2D eigenvalue weighted by molar-refractivity contribution is 5.98. The Morgan fingerprint density at radius 3 is 2.69 bits per heavy atom. The number of benzene rings is 1. The van der Waals surface area contributed by atoms with Crippen LogP contribution in [0.15, 0.2) is 18.2 Å². The highest BCUT2D eigenvalue weighted by Crippen LogP contribution is 2.16. The fourth-order valence-corrected chi connectivity index (χ4v) is 1.69. The molecule has 1 rings (SSSR count). The van der Waals surface area contributed by atoms with Crippen LogP contribution in [0.2, 0.25) is 0 Å². The van der Waals surface area contributed by atoms with Crippen molar-refractivity contribution in [3.05, 3.63) is 35.1 Å². The van der Waals surface area contributed by atoms with E-state index >= 15 is 0 Å². The van der Waals surface area contributed by atoms with E-state index in [9.17, 15) is 9.18 Å². The Bertz CT molecular complexity index is 376. The van der Waals surface area contributed by atoms with Crippen molar-refractivity contribution in [3.8, 4) is 0 Å². The highest BCUT2D eigenvalue weighted by Gasteiger charge is 2.18. The van der Waals surface area contributed by atoms with Crippen LogP contribution in [0, 0.1) is 18.7 Å². The molecule has 2 N–H and O–H groups in total. The van der Waals surface area contributed by atoms with Gasteiger partial charge in [0.15, 0.2) is 5.78 Å². The number of rotatable bonds is 5. The first kappa shape index (κ1) is 12.8. The van der Waals surface area contributed by atoms with Crippen molar-refractivity contribution >= 4 is 5.78 Å². The maximum absolute atomic E-state index is 13.3. The van der Waals surface area contributed by atoms with Gasteiger partial charge in [-0.25, -0.2) is 4.39 Å². The molecule has 0 fully saturated rings. The van der Waals surface area contributed by atoms with Crippen LogP contribution in [0.1, 0.15) is 35.7 Å². The van der Waals surface area contributed by atoms with E-state index in [-0.39, 0.29) is 17.5 Å². The molecule has 0 bridgehead atoms. The SMILES string of the molecule is CCCC(CN)C(=O)c1ccc(C)c(F)c1. The number of hydrogen-bond acceptors (Lipinski definition) is 2. The van der Waals surface area contributed by atoms with E-state index < -0.39 is 0 Å². The van der Waals surface area contributed by atoms with Gasteiger partial charge in [-0.05, 0) is 25.0 Å². The maximum atomic E-state index is 13.3. The molecular weight excluding hydrogens is 205 g/mol. The topological polar surface area (TPSA) is 43.1 Å². The summed E-state index contributed by atoms with van der Waals surface area (Å²) < 4.78 is 13.3. The third-order valence-corrected chi connectivity index (χ3v) is 2.75. The van der Waals surface area contributed by atoms with Crippen LogP contribution in [-0.2, 0) is 0 Å². The minimum atomic E-state index is -0.335. The fourth-order valence-electron chi connectivity index (χ4n) is 1.69. The average Bonchev–Trinajstić information content (AvgIpc) is 2.28. The van der Waals surface area contributed by atoms with Gasteiger partial charge in [0, 0.05) is 18.0 Å². The van der Waals surface area contributed by atoms with Crippen molar-refractivity contribution in [1.29, 1.82) is 0 Å². The second-order valence-corrected chi connectivity index (χ2v) is 4.05. The van der Waals surface area contributed by atoms with Gasteiger partial charge >= 0.3 is 0 Å². The molecule has 1 aromatic rings. The van der Waals surface area contributed by atoms with Gasteiger partial charge in [-0.2, -0.15) is 0 Å². The molecule has 0 aliphatic carbocycles. The summed E-state index contributed by atoms with van der Waals surface area (Å²) in [6, 6.07) is 4.59. The van der Waals surface area contributed by atoms with Crippen molar-refractivity contribution in [1.82, 2.24) is 0 Å². The first-order chi connectivity index (χ1) is 7.60. The number of carbonyl (C=O) groups is 1. The summed E-state index contributed by atoms with van der Waals surface area (Å²) in [6.45, 7) is 4.00. The molecular formula is C13H18FNO. The van der Waals surface area contributed by atoms with Crippen LogP contribution >= 0.6 is 0 Å². The molecule has 0 saturated heterocycles. The summed E-state index contributed by atoms with van der Waals surface area (Å²) in [5, 5.41) is 0. The van der Waals surface area contributed by atoms with E-state index in [1.165, 1.54) is 6.07 Å². The lowest BCUT2D eigenvalue weighted by Gasteiger charge is -2.12. The van der Waals surface area contributed by atoms with Gasteiger partial charge in [0.2, 0.25) is 0 Å². The van der Waals surface area contributed by atoms with Gasteiger partial charge in [-0.15, -0.1) is 0 Å². The zero-order valence-corrected chi connectivity index (χ0v) is 9.79. The Balaban J connectivity index is 2.90. The number of halogens is 1. The molecule has 0 saturated carbocycles. The average molecular weight is 223 g/mol. The van der Waals surface area contributed by atoms with Crippen molar-refractivity contribution < 1.29 is 9.18 Å². The molecule has 1 unspecified atom stereocenters. The Kier molecular flexibility index (Phi) is 4.62. The zero-order chi connectivity index (χ0) is 12.1. The molecule has 1 aromatic carbocycles. The van der Waals surface area contributed by atoms with Gasteiger partial charge in [0.25, 0.3) is 0 Å². The van der Waals surface area contributed by atoms with E-state index in [0.717, 1.165) is 12.8 Å². The lowest BCUT2D eigenvalue weighted by atomic mass is 9.93. The van der Waals surface area contributed by atoms with Gasteiger partial charge in [0.05, 0.1) is 0 Å². The van der Waals surface area contributed by atoms with E-state index in [1.54, 1.807) is 19.1 Å². The Labute approximate surface area is 95.7 Å². The second kappa shape index (κ2) is 5.75. The predicted molar refractivity (Wildman–Crippen MR) is 62.9 cm³/mol. The van der Waals surface area contributed by atoms with Crippen LogP contribution in [-0.4, -0.2) is 12.3 Å². The van der Waals surface area contributed by atoms with E-state index in [1.807, 2.05) is 6.92 Å². The third-order valence-electron chi connectivity index (χ3n) is 2.75. The molecule has 0 radical (unpaired) electrons. The summed E-state index contributed by atoms with van der Waals surface area (Å²) in [5.74, 6) is -0.575. The molecule has 16 heavy (non-hydrogen) atoms. The lowest BCUT2D eigenvalue weighted by Crippen LogP contribution is -2.23. The van der Waals surface area contributed by atoms with Gasteiger partial charge in [-0.3, -0.25) is 4.79 Å². The first-order valence-corrected chi connectivity index (χ1v) is 5.60. The lowest BCUT2D eigenvalue weighted by molar-refractivity contribution is 0.0917. The highest BCUT2D eigenvalue weighted by atomic mass is 19.1. The molecule has 2 nitrogen and oxygen atoms in total. The minimum Gasteiger partial charge on any atom is -0.330 e. The molecule has 0 aliphatic heterocycles. The zero-order valence-electron chi connectivity index (χ0n) is 9.79. The molecule has 1 atom stereocenters. The number of carbonyl (C=O) groups excluding carboxylic acids is 1. The van der Waals surface area contributed by atoms with Crippen molar-refractivity contribution in [2.45, 2.75) is 26.7 Å². The molecule has 0 amide bonds. The largest absolute Gasteiger partial charge is 0.330 e. The standard InChI is InChI=1S/C13H18FNO/c1-3-4-11(8-15)13(16)10-6-5-9(2)12(14)7-10/h5-7,11H,3-4,8,15H2,1-2H3. The third kappa shape index (κ3) is 2.89. The van der Waals surface area contributed by atoms with Gasteiger partial charge in [0.1, 0.15) is 5.82 Å². The number of hydrogen-bond donors (Lipinski definition) is 1. The Morgan fingerprint density at radius 2 is 2.19 bits per heavy atom. The number of Topliss-reactive ketones (excluding diaryl/α,β-unsaturated/α-hetero) is 1. The van der Waals surface area contributed by atoms with Crippen LogP contribution in [0.25, 0.3) is 0 Å². The summed E-state index contributed by atoms with van der Waals surface area (Å²) in [5.41, 5.74) is 6.53. The van der Waals surface area contributed by atoms with Crippen LogP contribution in [0.4, 0.5) is 4.39 Å². The molecule has 3 heteroatoms. The molecule has 0 aromatic heterocycles.